The molecule has 3 amide bonds. The van der Waals surface area contributed by atoms with Crippen LogP contribution in [0.5, 0.6) is 0 Å². The third-order valence-corrected chi connectivity index (χ3v) is 3.05. The van der Waals surface area contributed by atoms with Crippen molar-refractivity contribution < 1.29 is 14.0 Å². The fraction of sp³-hybridized carbons (Fsp3) is 0.188. The number of urea groups is 1. The van der Waals surface area contributed by atoms with Gasteiger partial charge >= 0.3 is 6.03 Å². The summed E-state index contributed by atoms with van der Waals surface area (Å²) in [7, 11) is 0. The Labute approximate surface area is 133 Å². The van der Waals surface area contributed by atoms with Gasteiger partial charge in [0, 0.05) is 24.8 Å². The smallest absolute Gasteiger partial charge is 0.319 e. The fourth-order valence-electron chi connectivity index (χ4n) is 1.80. The highest BCUT2D eigenvalue weighted by atomic mass is 19.1. The molecule has 2 aromatic rings. The largest absolute Gasteiger partial charge is 0.350 e. The SMILES string of the molecule is Cc1ccc(C(=O)NCCNC(=O)Nc2cccnc2)cc1F. The minimum atomic E-state index is -0.424. The van der Waals surface area contributed by atoms with E-state index in [-0.39, 0.29) is 18.7 Å². The maximum Gasteiger partial charge on any atom is 0.319 e. The van der Waals surface area contributed by atoms with Gasteiger partial charge in [0.1, 0.15) is 5.82 Å². The van der Waals surface area contributed by atoms with E-state index >= 15 is 0 Å². The molecule has 6 nitrogen and oxygen atoms in total. The van der Waals surface area contributed by atoms with Crippen molar-refractivity contribution in [2.45, 2.75) is 6.92 Å². The Balaban J connectivity index is 1.71. The summed E-state index contributed by atoms with van der Waals surface area (Å²) >= 11 is 0. The van der Waals surface area contributed by atoms with Crippen molar-refractivity contribution >= 4 is 17.6 Å². The summed E-state index contributed by atoms with van der Waals surface area (Å²) in [5, 5.41) is 7.80. The molecule has 0 bridgehead atoms. The van der Waals surface area contributed by atoms with Gasteiger partial charge in [0.05, 0.1) is 11.9 Å². The third-order valence-electron chi connectivity index (χ3n) is 3.05. The Hall–Kier alpha value is -2.96. The molecule has 0 radical (unpaired) electrons. The van der Waals surface area contributed by atoms with Gasteiger partial charge < -0.3 is 16.0 Å². The number of halogens is 1. The summed E-state index contributed by atoms with van der Waals surface area (Å²) in [5.74, 6) is -0.815. The van der Waals surface area contributed by atoms with Crippen molar-refractivity contribution in [1.82, 2.24) is 15.6 Å². The van der Waals surface area contributed by atoms with E-state index in [9.17, 15) is 14.0 Å². The molecule has 1 aromatic carbocycles. The molecule has 23 heavy (non-hydrogen) atoms. The van der Waals surface area contributed by atoms with E-state index in [1.54, 1.807) is 37.4 Å². The van der Waals surface area contributed by atoms with Gasteiger partial charge in [-0.05, 0) is 36.8 Å². The van der Waals surface area contributed by atoms with Crippen molar-refractivity contribution in [2.24, 2.45) is 0 Å². The third kappa shape index (κ3) is 5.06. The Morgan fingerprint density at radius 2 is 1.96 bits per heavy atom. The summed E-state index contributed by atoms with van der Waals surface area (Å²) in [5.41, 5.74) is 1.30. The molecule has 0 aliphatic rings. The fourth-order valence-corrected chi connectivity index (χ4v) is 1.80. The predicted molar refractivity (Wildman–Crippen MR) is 84.7 cm³/mol. The molecule has 0 unspecified atom stereocenters. The Morgan fingerprint density at radius 3 is 2.65 bits per heavy atom. The van der Waals surface area contributed by atoms with Gasteiger partial charge in [-0.2, -0.15) is 0 Å². The zero-order valence-electron chi connectivity index (χ0n) is 12.6. The molecular weight excluding hydrogens is 299 g/mol. The van der Waals surface area contributed by atoms with E-state index in [1.165, 1.54) is 12.3 Å². The molecule has 7 heteroatoms. The second-order valence-electron chi connectivity index (χ2n) is 4.84. The van der Waals surface area contributed by atoms with Gasteiger partial charge in [-0.1, -0.05) is 6.07 Å². The zero-order valence-corrected chi connectivity index (χ0v) is 12.6. The molecule has 0 saturated heterocycles. The second-order valence-corrected chi connectivity index (χ2v) is 4.84. The van der Waals surface area contributed by atoms with Crippen molar-refractivity contribution in [1.29, 1.82) is 0 Å². The minimum Gasteiger partial charge on any atom is -0.350 e. The van der Waals surface area contributed by atoms with Crippen LogP contribution in [-0.4, -0.2) is 30.0 Å². The number of carbonyl (C=O) groups excluding carboxylic acids is 2. The topological polar surface area (TPSA) is 83.1 Å². The lowest BCUT2D eigenvalue weighted by molar-refractivity contribution is 0.0953. The molecule has 0 fully saturated rings. The van der Waals surface area contributed by atoms with Crippen molar-refractivity contribution in [3.05, 3.63) is 59.7 Å². The quantitative estimate of drug-likeness (QED) is 0.739. The molecule has 120 valence electrons. The number of nitrogens with zero attached hydrogens (tertiary/aromatic N) is 1. The zero-order chi connectivity index (χ0) is 16.7. The monoisotopic (exact) mass is 316 g/mol. The number of amides is 3. The highest BCUT2D eigenvalue weighted by Gasteiger charge is 2.07. The van der Waals surface area contributed by atoms with Gasteiger partial charge in [-0.25, -0.2) is 9.18 Å². The number of nitrogens with one attached hydrogen (secondary N) is 3. The number of rotatable bonds is 5. The highest BCUT2D eigenvalue weighted by Crippen LogP contribution is 2.08. The summed E-state index contributed by atoms with van der Waals surface area (Å²) < 4.78 is 13.4. The highest BCUT2D eigenvalue weighted by molar-refractivity contribution is 5.94. The number of carbonyl (C=O) groups is 2. The van der Waals surface area contributed by atoms with E-state index < -0.39 is 17.8 Å². The van der Waals surface area contributed by atoms with Crippen LogP contribution in [0.2, 0.25) is 0 Å². The lowest BCUT2D eigenvalue weighted by Crippen LogP contribution is -2.36. The molecule has 1 heterocycles. The first kappa shape index (κ1) is 16.4. The average molecular weight is 316 g/mol. The van der Waals surface area contributed by atoms with Crippen LogP contribution >= 0.6 is 0 Å². The van der Waals surface area contributed by atoms with Gasteiger partial charge in [-0.15, -0.1) is 0 Å². The van der Waals surface area contributed by atoms with Crippen LogP contribution in [0.4, 0.5) is 14.9 Å². The van der Waals surface area contributed by atoms with E-state index in [2.05, 4.69) is 20.9 Å². The van der Waals surface area contributed by atoms with Crippen LogP contribution in [0.3, 0.4) is 0 Å². The Kier molecular flexibility index (Phi) is 5.62. The molecule has 0 saturated carbocycles. The first-order valence-electron chi connectivity index (χ1n) is 7.05. The molecule has 0 aliphatic heterocycles. The number of pyridine rings is 1. The molecule has 3 N–H and O–H groups in total. The number of aromatic nitrogens is 1. The first-order valence-corrected chi connectivity index (χ1v) is 7.05. The molecule has 1 aromatic heterocycles. The maximum absolute atomic E-state index is 13.4. The summed E-state index contributed by atoms with van der Waals surface area (Å²) in [6, 6.07) is 7.30. The summed E-state index contributed by atoms with van der Waals surface area (Å²) in [4.78, 5) is 27.3. The molecule has 0 aliphatic carbocycles. The van der Waals surface area contributed by atoms with Crippen LogP contribution in [0.15, 0.2) is 42.7 Å². The number of hydrogen-bond donors (Lipinski definition) is 3. The van der Waals surface area contributed by atoms with E-state index in [4.69, 9.17) is 0 Å². The molecule has 0 atom stereocenters. The lowest BCUT2D eigenvalue weighted by Gasteiger charge is -2.09. The second kappa shape index (κ2) is 7.88. The normalized spacial score (nSPS) is 10.0. The van der Waals surface area contributed by atoms with Crippen molar-refractivity contribution in [2.75, 3.05) is 18.4 Å². The number of anilines is 1. The van der Waals surface area contributed by atoms with Gasteiger partial charge in [0.2, 0.25) is 0 Å². The summed E-state index contributed by atoms with van der Waals surface area (Å²) in [6.45, 7) is 2.10. The van der Waals surface area contributed by atoms with Crippen molar-refractivity contribution in [3.63, 3.8) is 0 Å². The minimum absolute atomic E-state index is 0.231. The molecule has 2 rings (SSSR count). The van der Waals surface area contributed by atoms with Gasteiger partial charge in [0.15, 0.2) is 0 Å². The standard InChI is InChI=1S/C16H17FN4O2/c1-11-4-5-12(9-14(11)17)15(22)19-7-8-20-16(23)21-13-3-2-6-18-10-13/h2-6,9-10H,7-8H2,1H3,(H,19,22)(H2,20,21,23). The average Bonchev–Trinajstić information content (AvgIpc) is 2.55. The van der Waals surface area contributed by atoms with E-state index in [0.717, 1.165) is 0 Å². The number of hydrogen-bond acceptors (Lipinski definition) is 3. The van der Waals surface area contributed by atoms with E-state index in [0.29, 0.717) is 11.3 Å². The van der Waals surface area contributed by atoms with Crippen LogP contribution in [-0.2, 0) is 0 Å². The lowest BCUT2D eigenvalue weighted by atomic mass is 10.1. The van der Waals surface area contributed by atoms with Gasteiger partial charge in [0.25, 0.3) is 5.91 Å². The van der Waals surface area contributed by atoms with E-state index in [1.807, 2.05) is 0 Å². The molecular formula is C16H17FN4O2. The van der Waals surface area contributed by atoms with Gasteiger partial charge in [-0.3, -0.25) is 9.78 Å². The van der Waals surface area contributed by atoms with Crippen molar-refractivity contribution in [3.8, 4) is 0 Å². The Morgan fingerprint density at radius 1 is 1.17 bits per heavy atom. The number of aryl methyl sites for hydroxylation is 1. The predicted octanol–water partition coefficient (Wildman–Crippen LogP) is 2.08. The first-order chi connectivity index (χ1) is 11.1. The number of benzene rings is 1. The summed E-state index contributed by atoms with van der Waals surface area (Å²) in [6.07, 6.45) is 3.12. The van der Waals surface area contributed by atoms with Crippen LogP contribution in [0, 0.1) is 12.7 Å². The van der Waals surface area contributed by atoms with Crippen LogP contribution in [0.25, 0.3) is 0 Å². The molecule has 0 spiro atoms. The van der Waals surface area contributed by atoms with Crippen LogP contribution in [0.1, 0.15) is 15.9 Å². The Bertz CT molecular complexity index is 692. The van der Waals surface area contributed by atoms with Crippen LogP contribution < -0.4 is 16.0 Å². The maximum atomic E-state index is 13.4.